The highest BCUT2D eigenvalue weighted by Crippen LogP contribution is 2.37. The van der Waals surface area contributed by atoms with Gasteiger partial charge < -0.3 is 9.88 Å². The number of hydrogen-bond acceptors (Lipinski definition) is 1. The van der Waals surface area contributed by atoms with Gasteiger partial charge in [-0.15, -0.1) is 0 Å². The SMILES string of the molecule is ClC1c2cc[nH]c2C=CN1CC1CC1. The summed E-state index contributed by atoms with van der Waals surface area (Å²) in [5.74, 6) is 0.876. The highest BCUT2D eigenvalue weighted by atomic mass is 35.5. The van der Waals surface area contributed by atoms with Crippen molar-refractivity contribution in [3.63, 3.8) is 0 Å². The van der Waals surface area contributed by atoms with Crippen molar-refractivity contribution in [1.29, 1.82) is 0 Å². The second kappa shape index (κ2) is 3.06. The van der Waals surface area contributed by atoms with Gasteiger partial charge >= 0.3 is 0 Å². The second-order valence-corrected chi connectivity index (χ2v) is 4.55. The molecule has 1 fully saturated rings. The summed E-state index contributed by atoms with van der Waals surface area (Å²) in [6.45, 7) is 1.11. The van der Waals surface area contributed by atoms with Crippen LogP contribution < -0.4 is 0 Å². The van der Waals surface area contributed by atoms with Crippen LogP contribution >= 0.6 is 11.6 Å². The zero-order chi connectivity index (χ0) is 9.54. The molecule has 2 aliphatic rings. The number of halogens is 1. The monoisotopic (exact) mass is 208 g/mol. The summed E-state index contributed by atoms with van der Waals surface area (Å²) in [5.41, 5.74) is 2.37. The minimum atomic E-state index is 0.0156. The average molecular weight is 209 g/mol. The van der Waals surface area contributed by atoms with Crippen LogP contribution in [0.2, 0.25) is 0 Å². The van der Waals surface area contributed by atoms with Crippen LogP contribution in [-0.4, -0.2) is 16.4 Å². The van der Waals surface area contributed by atoms with Gasteiger partial charge in [0.2, 0.25) is 0 Å². The first-order chi connectivity index (χ1) is 6.84. The largest absolute Gasteiger partial charge is 0.361 e. The number of alkyl halides is 1. The van der Waals surface area contributed by atoms with E-state index in [1.54, 1.807) is 0 Å². The van der Waals surface area contributed by atoms with E-state index in [4.69, 9.17) is 11.6 Å². The Morgan fingerprint density at radius 2 is 2.36 bits per heavy atom. The van der Waals surface area contributed by atoms with Gasteiger partial charge in [0.05, 0.1) is 0 Å². The topological polar surface area (TPSA) is 19.0 Å². The van der Waals surface area contributed by atoms with Crippen LogP contribution in [0.25, 0.3) is 6.08 Å². The van der Waals surface area contributed by atoms with Crippen LogP contribution in [0.1, 0.15) is 29.6 Å². The minimum Gasteiger partial charge on any atom is -0.361 e. The first-order valence-corrected chi connectivity index (χ1v) is 5.53. The third-order valence-electron chi connectivity index (χ3n) is 2.96. The Morgan fingerprint density at radius 1 is 1.50 bits per heavy atom. The number of fused-ring (bicyclic) bond motifs is 1. The number of rotatable bonds is 2. The third kappa shape index (κ3) is 1.34. The maximum atomic E-state index is 6.38. The molecule has 2 nitrogen and oxygen atoms in total. The molecule has 0 spiro atoms. The van der Waals surface area contributed by atoms with Crippen molar-refractivity contribution in [2.75, 3.05) is 6.54 Å². The van der Waals surface area contributed by atoms with E-state index in [1.165, 1.54) is 18.4 Å². The molecule has 0 radical (unpaired) electrons. The predicted octanol–water partition coefficient (Wildman–Crippen LogP) is 2.95. The molecule has 3 heteroatoms. The fraction of sp³-hybridized carbons (Fsp3) is 0.455. The molecule has 1 N–H and O–H groups in total. The lowest BCUT2D eigenvalue weighted by Crippen LogP contribution is -2.24. The third-order valence-corrected chi connectivity index (χ3v) is 3.44. The van der Waals surface area contributed by atoms with E-state index in [0.29, 0.717) is 0 Å². The molecule has 0 aromatic carbocycles. The van der Waals surface area contributed by atoms with Crippen molar-refractivity contribution >= 4 is 17.7 Å². The van der Waals surface area contributed by atoms with Gasteiger partial charge in [-0.3, -0.25) is 0 Å². The maximum absolute atomic E-state index is 6.38. The summed E-state index contributed by atoms with van der Waals surface area (Å²) in [4.78, 5) is 5.41. The molecule has 1 aliphatic heterocycles. The molecule has 1 aromatic rings. The Balaban J connectivity index is 1.83. The van der Waals surface area contributed by atoms with Crippen LogP contribution in [0.15, 0.2) is 18.5 Å². The quantitative estimate of drug-likeness (QED) is 0.585. The van der Waals surface area contributed by atoms with E-state index in [9.17, 15) is 0 Å². The van der Waals surface area contributed by atoms with Crippen LogP contribution in [0.4, 0.5) is 0 Å². The number of nitrogens with zero attached hydrogens (tertiary/aromatic N) is 1. The van der Waals surface area contributed by atoms with Gasteiger partial charge in [-0.2, -0.15) is 0 Å². The van der Waals surface area contributed by atoms with Gasteiger partial charge in [-0.25, -0.2) is 0 Å². The number of hydrogen-bond donors (Lipinski definition) is 1. The molecule has 1 saturated carbocycles. The first-order valence-electron chi connectivity index (χ1n) is 5.10. The fourth-order valence-corrected chi connectivity index (χ4v) is 2.26. The van der Waals surface area contributed by atoms with Crippen molar-refractivity contribution in [1.82, 2.24) is 9.88 Å². The fourth-order valence-electron chi connectivity index (χ4n) is 1.92. The minimum absolute atomic E-state index is 0.0156. The Kier molecular flexibility index (Phi) is 1.84. The molecule has 74 valence electrons. The molecule has 14 heavy (non-hydrogen) atoms. The summed E-state index contributed by atoms with van der Waals surface area (Å²) >= 11 is 6.38. The van der Waals surface area contributed by atoms with Crippen LogP contribution in [0, 0.1) is 5.92 Å². The predicted molar refractivity (Wildman–Crippen MR) is 57.9 cm³/mol. The first kappa shape index (κ1) is 8.42. The number of aromatic amines is 1. The highest BCUT2D eigenvalue weighted by molar-refractivity contribution is 6.21. The van der Waals surface area contributed by atoms with E-state index in [0.717, 1.165) is 18.2 Å². The zero-order valence-electron chi connectivity index (χ0n) is 7.91. The molecule has 3 rings (SSSR count). The Morgan fingerprint density at radius 3 is 3.14 bits per heavy atom. The molecule has 0 saturated heterocycles. The number of H-pyrrole nitrogens is 1. The van der Waals surface area contributed by atoms with Crippen molar-refractivity contribution in [3.8, 4) is 0 Å². The smallest absolute Gasteiger partial charge is 0.131 e. The van der Waals surface area contributed by atoms with E-state index < -0.39 is 0 Å². The molecule has 0 amide bonds. The Bertz CT molecular complexity index is 365. The van der Waals surface area contributed by atoms with Gasteiger partial charge in [0.15, 0.2) is 0 Å². The molecule has 1 unspecified atom stereocenters. The summed E-state index contributed by atoms with van der Waals surface area (Å²) in [6.07, 6.45) is 8.90. The maximum Gasteiger partial charge on any atom is 0.131 e. The van der Waals surface area contributed by atoms with Crippen molar-refractivity contribution < 1.29 is 0 Å². The molecular weight excluding hydrogens is 196 g/mol. The van der Waals surface area contributed by atoms with Crippen LogP contribution in [-0.2, 0) is 0 Å². The van der Waals surface area contributed by atoms with Gasteiger partial charge in [-0.05, 0) is 30.9 Å². The number of nitrogens with one attached hydrogen (secondary N) is 1. The Labute approximate surface area is 88.6 Å². The average Bonchev–Trinajstić information content (AvgIpc) is 2.85. The Hall–Kier alpha value is -0.890. The van der Waals surface area contributed by atoms with E-state index in [-0.39, 0.29) is 5.50 Å². The van der Waals surface area contributed by atoms with E-state index in [1.807, 2.05) is 6.20 Å². The van der Waals surface area contributed by atoms with Crippen molar-refractivity contribution in [2.24, 2.45) is 5.92 Å². The van der Waals surface area contributed by atoms with Crippen molar-refractivity contribution in [2.45, 2.75) is 18.3 Å². The standard InChI is InChI=1S/C11H13ClN2/c12-11-9-3-5-13-10(9)4-6-14(11)7-8-1-2-8/h3-6,8,11,13H,1-2,7H2. The lowest BCUT2D eigenvalue weighted by atomic mass is 10.1. The van der Waals surface area contributed by atoms with E-state index >= 15 is 0 Å². The van der Waals surface area contributed by atoms with Gasteiger partial charge in [0.1, 0.15) is 5.50 Å². The molecule has 1 aliphatic carbocycles. The second-order valence-electron chi connectivity index (χ2n) is 4.14. The lowest BCUT2D eigenvalue weighted by Gasteiger charge is -2.29. The van der Waals surface area contributed by atoms with Gasteiger partial charge in [-0.1, -0.05) is 11.6 Å². The normalized spacial score (nSPS) is 25.2. The van der Waals surface area contributed by atoms with Crippen molar-refractivity contribution in [3.05, 3.63) is 29.7 Å². The molecular formula is C11H13ClN2. The summed E-state index contributed by atoms with van der Waals surface area (Å²) < 4.78 is 0. The van der Waals surface area contributed by atoms with E-state index in [2.05, 4.69) is 28.2 Å². The summed E-state index contributed by atoms with van der Waals surface area (Å²) in [6, 6.07) is 2.07. The molecule has 0 bridgehead atoms. The summed E-state index contributed by atoms with van der Waals surface area (Å²) in [5, 5.41) is 0. The van der Waals surface area contributed by atoms with Crippen LogP contribution in [0.5, 0.6) is 0 Å². The lowest BCUT2D eigenvalue weighted by molar-refractivity contribution is 0.336. The highest BCUT2D eigenvalue weighted by Gasteiger charge is 2.28. The number of aromatic nitrogens is 1. The zero-order valence-corrected chi connectivity index (χ0v) is 8.67. The summed E-state index contributed by atoms with van der Waals surface area (Å²) in [7, 11) is 0. The van der Waals surface area contributed by atoms with Crippen LogP contribution in [0.3, 0.4) is 0 Å². The molecule has 2 heterocycles. The van der Waals surface area contributed by atoms with Gasteiger partial charge in [0.25, 0.3) is 0 Å². The molecule has 1 aromatic heterocycles. The van der Waals surface area contributed by atoms with Gasteiger partial charge in [0, 0.05) is 30.2 Å². The molecule has 1 atom stereocenters.